The maximum Gasteiger partial charge on any atom is 0.248 e. The van der Waals surface area contributed by atoms with Crippen LogP contribution in [0.5, 0.6) is 0 Å². The molecule has 26 heavy (non-hydrogen) atoms. The van der Waals surface area contributed by atoms with E-state index in [2.05, 4.69) is 10.2 Å². The molecule has 3 aromatic rings. The highest BCUT2D eigenvalue weighted by molar-refractivity contribution is 7.89. The van der Waals surface area contributed by atoms with Crippen molar-refractivity contribution < 1.29 is 17.2 Å². The van der Waals surface area contributed by atoms with E-state index in [1.54, 1.807) is 0 Å². The molecule has 1 fully saturated rings. The molecule has 0 amide bonds. The fourth-order valence-corrected chi connectivity index (χ4v) is 5.28. The fourth-order valence-electron chi connectivity index (χ4n) is 3.06. The molecule has 3 heterocycles. The molecule has 9 heteroatoms. The molecule has 0 N–H and O–H groups in total. The second kappa shape index (κ2) is 6.90. The lowest BCUT2D eigenvalue weighted by Gasteiger charge is -2.30. The maximum absolute atomic E-state index is 14.0. The van der Waals surface area contributed by atoms with Crippen molar-refractivity contribution in [2.75, 3.05) is 13.1 Å². The van der Waals surface area contributed by atoms with Crippen LogP contribution in [-0.2, 0) is 10.0 Å². The summed E-state index contributed by atoms with van der Waals surface area (Å²) in [6, 6.07) is 7.31. The number of benzene rings is 1. The Hall–Kier alpha value is -2.10. The lowest BCUT2D eigenvalue weighted by atomic mass is 10.00. The molecule has 1 saturated heterocycles. The summed E-state index contributed by atoms with van der Waals surface area (Å²) >= 11 is 1.53. The molecule has 0 radical (unpaired) electrons. The first-order valence-corrected chi connectivity index (χ1v) is 10.5. The van der Waals surface area contributed by atoms with Crippen LogP contribution in [0.2, 0.25) is 0 Å². The molecule has 1 aliphatic rings. The zero-order chi connectivity index (χ0) is 18.1. The van der Waals surface area contributed by atoms with Gasteiger partial charge >= 0.3 is 0 Å². The summed E-state index contributed by atoms with van der Waals surface area (Å²) in [5, 5.41) is 12.0. The topological polar surface area (TPSA) is 76.3 Å². The van der Waals surface area contributed by atoms with Crippen molar-refractivity contribution in [3.8, 4) is 11.5 Å². The van der Waals surface area contributed by atoms with Crippen molar-refractivity contribution in [2.45, 2.75) is 23.7 Å². The van der Waals surface area contributed by atoms with Crippen LogP contribution >= 0.6 is 11.3 Å². The zero-order valence-corrected chi connectivity index (χ0v) is 15.3. The summed E-state index contributed by atoms with van der Waals surface area (Å²) < 4.78 is 46.6. The average Bonchev–Trinajstić information content (AvgIpc) is 3.33. The molecule has 4 rings (SSSR count). The highest BCUT2D eigenvalue weighted by Crippen LogP contribution is 2.32. The number of thiophene rings is 1. The molecule has 1 atom stereocenters. The first-order valence-electron chi connectivity index (χ1n) is 8.16. The van der Waals surface area contributed by atoms with E-state index in [4.69, 9.17) is 4.42 Å². The molecule has 1 aromatic carbocycles. The molecule has 0 aliphatic carbocycles. The summed E-state index contributed by atoms with van der Waals surface area (Å²) in [6.45, 7) is 0.542. The largest absolute Gasteiger partial charge is 0.420 e. The molecule has 6 nitrogen and oxygen atoms in total. The third-order valence-corrected chi connectivity index (χ3v) is 6.98. The Kier molecular flexibility index (Phi) is 4.60. The molecule has 136 valence electrons. The van der Waals surface area contributed by atoms with E-state index >= 15 is 0 Å². The van der Waals surface area contributed by atoms with Gasteiger partial charge in [-0.05, 0) is 36.4 Å². The number of nitrogens with zero attached hydrogens (tertiary/aromatic N) is 3. The zero-order valence-electron chi connectivity index (χ0n) is 13.7. The van der Waals surface area contributed by atoms with E-state index in [-0.39, 0.29) is 17.4 Å². The predicted molar refractivity (Wildman–Crippen MR) is 94.7 cm³/mol. The number of hydrogen-bond acceptors (Lipinski definition) is 6. The highest BCUT2D eigenvalue weighted by Gasteiger charge is 2.34. The fraction of sp³-hybridized carbons (Fsp3) is 0.294. The molecule has 0 spiro atoms. The average molecular weight is 393 g/mol. The first-order chi connectivity index (χ1) is 12.6. The lowest BCUT2D eigenvalue weighted by Crippen LogP contribution is -2.39. The third kappa shape index (κ3) is 3.17. The SMILES string of the molecule is O=S(=O)(c1ccccc1F)N1CCCC(c2nnc(-c3ccsc3)o2)C1. The molecule has 1 unspecified atom stereocenters. The van der Waals surface area contributed by atoms with Crippen LogP contribution in [0.15, 0.2) is 50.4 Å². The second-order valence-corrected chi connectivity index (χ2v) is 8.78. The number of rotatable bonds is 4. The highest BCUT2D eigenvalue weighted by atomic mass is 32.2. The summed E-state index contributed by atoms with van der Waals surface area (Å²) in [5.74, 6) is -0.104. The normalized spacial score (nSPS) is 18.9. The van der Waals surface area contributed by atoms with Crippen LogP contribution < -0.4 is 0 Å². The second-order valence-electron chi connectivity index (χ2n) is 6.09. The first kappa shape index (κ1) is 17.3. The van der Waals surface area contributed by atoms with Crippen LogP contribution in [-0.4, -0.2) is 36.0 Å². The Morgan fingerprint density at radius 3 is 2.85 bits per heavy atom. The van der Waals surface area contributed by atoms with Gasteiger partial charge in [0.2, 0.25) is 21.8 Å². The van der Waals surface area contributed by atoms with Gasteiger partial charge in [-0.3, -0.25) is 0 Å². The van der Waals surface area contributed by atoms with Crippen LogP contribution in [0, 0.1) is 5.82 Å². The van der Waals surface area contributed by atoms with Gasteiger partial charge in [-0.15, -0.1) is 10.2 Å². The molecule has 0 saturated carbocycles. The minimum Gasteiger partial charge on any atom is -0.420 e. The number of piperidine rings is 1. The van der Waals surface area contributed by atoms with Gasteiger partial charge in [0.05, 0.1) is 5.92 Å². The van der Waals surface area contributed by atoms with Crippen LogP contribution in [0.3, 0.4) is 0 Å². The molecule has 2 aromatic heterocycles. The Balaban J connectivity index is 1.57. The Morgan fingerprint density at radius 1 is 1.23 bits per heavy atom. The summed E-state index contributed by atoms with van der Waals surface area (Å²) in [4.78, 5) is -0.301. The Bertz CT molecular complexity index is 1000. The van der Waals surface area contributed by atoms with Gasteiger partial charge in [0.1, 0.15) is 10.7 Å². The number of halogens is 1. The van der Waals surface area contributed by atoms with E-state index in [0.717, 1.165) is 18.1 Å². The van der Waals surface area contributed by atoms with Gasteiger partial charge in [0, 0.05) is 24.0 Å². The summed E-state index contributed by atoms with van der Waals surface area (Å²) in [5.41, 5.74) is 0.848. The van der Waals surface area contributed by atoms with Crippen LogP contribution in [0.4, 0.5) is 4.39 Å². The molecular weight excluding hydrogens is 377 g/mol. The van der Waals surface area contributed by atoms with Crippen molar-refractivity contribution in [3.63, 3.8) is 0 Å². The van der Waals surface area contributed by atoms with Gasteiger partial charge in [0.25, 0.3) is 0 Å². The van der Waals surface area contributed by atoms with E-state index in [9.17, 15) is 12.8 Å². The van der Waals surface area contributed by atoms with Crippen LogP contribution in [0.1, 0.15) is 24.7 Å². The monoisotopic (exact) mass is 393 g/mol. The Morgan fingerprint density at radius 2 is 2.08 bits per heavy atom. The van der Waals surface area contributed by atoms with E-state index < -0.39 is 15.8 Å². The van der Waals surface area contributed by atoms with Gasteiger partial charge in [0.15, 0.2) is 0 Å². The van der Waals surface area contributed by atoms with Crippen molar-refractivity contribution in [2.24, 2.45) is 0 Å². The third-order valence-electron chi connectivity index (χ3n) is 4.40. The molecular formula is C17H16FN3O3S2. The predicted octanol–water partition coefficient (Wildman–Crippen LogP) is 3.51. The lowest BCUT2D eigenvalue weighted by molar-refractivity contribution is 0.285. The Labute approximate surface area is 154 Å². The van der Waals surface area contributed by atoms with Crippen molar-refractivity contribution in [3.05, 3.63) is 52.8 Å². The van der Waals surface area contributed by atoms with Crippen molar-refractivity contribution >= 4 is 21.4 Å². The van der Waals surface area contributed by atoms with Gasteiger partial charge in [-0.25, -0.2) is 12.8 Å². The van der Waals surface area contributed by atoms with Crippen molar-refractivity contribution in [1.82, 2.24) is 14.5 Å². The van der Waals surface area contributed by atoms with Gasteiger partial charge in [-0.1, -0.05) is 12.1 Å². The minimum atomic E-state index is -3.90. The summed E-state index contributed by atoms with van der Waals surface area (Å²) in [6.07, 6.45) is 1.39. The smallest absolute Gasteiger partial charge is 0.248 e. The van der Waals surface area contributed by atoms with E-state index in [1.807, 2.05) is 16.8 Å². The van der Waals surface area contributed by atoms with Gasteiger partial charge in [-0.2, -0.15) is 15.6 Å². The van der Waals surface area contributed by atoms with E-state index in [1.165, 1.54) is 33.8 Å². The quantitative estimate of drug-likeness (QED) is 0.678. The number of sulfonamides is 1. The summed E-state index contributed by atoms with van der Waals surface area (Å²) in [7, 11) is -3.90. The standard InChI is InChI=1S/C17H16FN3O3S2/c18-14-5-1-2-6-15(14)26(22,23)21-8-3-4-12(10-21)16-19-20-17(24-16)13-7-9-25-11-13/h1-2,5-7,9,11-12H,3-4,8,10H2. The maximum atomic E-state index is 14.0. The molecule has 0 bridgehead atoms. The van der Waals surface area contributed by atoms with E-state index in [0.29, 0.717) is 24.7 Å². The number of aromatic nitrogens is 2. The number of hydrogen-bond donors (Lipinski definition) is 0. The minimum absolute atomic E-state index is 0.196. The molecule has 1 aliphatic heterocycles. The van der Waals surface area contributed by atoms with Crippen molar-refractivity contribution in [1.29, 1.82) is 0 Å². The van der Waals surface area contributed by atoms with Crippen LogP contribution in [0.25, 0.3) is 11.5 Å². The van der Waals surface area contributed by atoms with Gasteiger partial charge < -0.3 is 4.42 Å².